The number of nitrogens with zero attached hydrogens (tertiary/aromatic N) is 6. The van der Waals surface area contributed by atoms with Crippen LogP contribution in [0.25, 0.3) is 5.65 Å². The van der Waals surface area contributed by atoms with Crippen LogP contribution >= 0.6 is 0 Å². The molecule has 3 aromatic heterocycles. The first kappa shape index (κ1) is 29.3. The van der Waals surface area contributed by atoms with Gasteiger partial charge in [-0.05, 0) is 49.2 Å². The highest BCUT2D eigenvalue weighted by Gasteiger charge is 2.43. The van der Waals surface area contributed by atoms with Gasteiger partial charge in [0, 0.05) is 18.4 Å². The Morgan fingerprint density at radius 3 is 2.67 bits per heavy atom. The monoisotopic (exact) mass is 608 g/mol. The average Bonchev–Trinajstić information content (AvgIpc) is 3.50. The Balaban J connectivity index is 1.31. The zero-order chi connectivity index (χ0) is 30.4. The Kier molecular flexibility index (Phi) is 7.73. The Morgan fingerprint density at radius 1 is 1.19 bits per heavy atom. The second-order valence-electron chi connectivity index (χ2n) is 11.5. The van der Waals surface area contributed by atoms with Gasteiger partial charge in [0.25, 0.3) is 11.8 Å². The maximum atomic E-state index is 14.3. The number of aromatic nitrogens is 5. The molecule has 2 aliphatic carbocycles. The highest BCUT2D eigenvalue weighted by molar-refractivity contribution is 5.93. The molecule has 2 unspecified atom stereocenters. The van der Waals surface area contributed by atoms with Gasteiger partial charge in [-0.1, -0.05) is 12.1 Å². The van der Waals surface area contributed by atoms with Crippen LogP contribution in [0, 0.1) is 5.92 Å². The molecule has 3 amide bonds. The van der Waals surface area contributed by atoms with Crippen LogP contribution in [-0.4, -0.2) is 79.4 Å². The number of carbonyl (C=O) groups is 2. The third-order valence-corrected chi connectivity index (χ3v) is 8.24. The fourth-order valence-corrected chi connectivity index (χ4v) is 5.65. The fourth-order valence-electron chi connectivity index (χ4n) is 5.65. The zero-order valence-corrected chi connectivity index (χ0v) is 23.4. The second kappa shape index (κ2) is 11.4. The van der Waals surface area contributed by atoms with Crippen LogP contribution in [-0.2, 0) is 11.2 Å². The van der Waals surface area contributed by atoms with E-state index in [2.05, 4.69) is 31.0 Å². The predicted octanol–water partition coefficient (Wildman–Crippen LogP) is 3.85. The third-order valence-electron chi connectivity index (χ3n) is 8.24. The van der Waals surface area contributed by atoms with E-state index < -0.39 is 49.0 Å². The van der Waals surface area contributed by atoms with E-state index in [0.29, 0.717) is 29.0 Å². The van der Waals surface area contributed by atoms with Crippen LogP contribution < -0.4 is 10.6 Å². The van der Waals surface area contributed by atoms with Crippen molar-refractivity contribution >= 4 is 17.6 Å². The Labute approximate surface area is 243 Å². The van der Waals surface area contributed by atoms with Gasteiger partial charge < -0.3 is 20.3 Å². The summed E-state index contributed by atoms with van der Waals surface area (Å²) in [6, 6.07) is -0.615. The van der Waals surface area contributed by atoms with Crippen LogP contribution in [0.4, 0.5) is 22.4 Å². The molecule has 232 valence electrons. The van der Waals surface area contributed by atoms with E-state index in [0.717, 1.165) is 17.7 Å². The number of nitrogens with one attached hydrogen (secondary N) is 2. The average molecular weight is 609 g/mol. The molecule has 0 spiro atoms. The molecule has 4 heterocycles. The number of halogens is 4. The summed E-state index contributed by atoms with van der Waals surface area (Å²) >= 11 is 0. The first-order chi connectivity index (χ1) is 20.5. The van der Waals surface area contributed by atoms with Crippen molar-refractivity contribution in [1.82, 2.24) is 40.4 Å². The van der Waals surface area contributed by atoms with Crippen molar-refractivity contribution in [2.45, 2.75) is 81.9 Å². The molecule has 1 aliphatic heterocycles. The fraction of sp³-hybridized carbons (Fsp3) is 0.630. The SMILES string of the molecule is CCc1nonc1C(=O)NC(c1cn2ncc(C(COC3CC3)N3CC(F)(F)CNC3=O)cc2n1)C1CCC(F)(F)CC1. The molecule has 6 rings (SSSR count). The van der Waals surface area contributed by atoms with Gasteiger partial charge in [-0.15, -0.1) is 0 Å². The molecule has 3 aromatic rings. The molecular weight excluding hydrogens is 576 g/mol. The number of carbonyl (C=O) groups excluding carboxylic acids is 2. The number of imidazole rings is 1. The molecule has 3 fully saturated rings. The van der Waals surface area contributed by atoms with E-state index in [4.69, 9.17) is 9.37 Å². The number of hydrogen-bond acceptors (Lipinski definition) is 8. The summed E-state index contributed by atoms with van der Waals surface area (Å²) in [6.45, 7) is 0.267. The molecule has 43 heavy (non-hydrogen) atoms. The summed E-state index contributed by atoms with van der Waals surface area (Å²) in [4.78, 5) is 31.6. The third kappa shape index (κ3) is 6.43. The molecule has 0 aromatic carbocycles. The first-order valence-corrected chi connectivity index (χ1v) is 14.4. The van der Waals surface area contributed by atoms with E-state index in [1.54, 1.807) is 19.2 Å². The van der Waals surface area contributed by atoms with E-state index >= 15 is 0 Å². The molecule has 0 radical (unpaired) electrons. The summed E-state index contributed by atoms with van der Waals surface area (Å²) in [7, 11) is 0. The summed E-state index contributed by atoms with van der Waals surface area (Å²) in [5.74, 6) is -6.82. The minimum absolute atomic E-state index is 0.0000510. The number of fused-ring (bicyclic) bond motifs is 1. The minimum atomic E-state index is -3.12. The Morgan fingerprint density at radius 2 is 1.95 bits per heavy atom. The maximum absolute atomic E-state index is 14.3. The number of ether oxygens (including phenoxy) is 1. The highest BCUT2D eigenvalue weighted by atomic mass is 19.3. The topological polar surface area (TPSA) is 140 Å². The molecular formula is C27H32F4N8O4. The molecule has 12 nitrogen and oxygen atoms in total. The predicted molar refractivity (Wildman–Crippen MR) is 141 cm³/mol. The van der Waals surface area contributed by atoms with Crippen molar-refractivity contribution in [2.24, 2.45) is 5.92 Å². The molecule has 2 N–H and O–H groups in total. The van der Waals surface area contributed by atoms with Crippen molar-refractivity contribution < 1.29 is 36.5 Å². The second-order valence-corrected chi connectivity index (χ2v) is 11.5. The van der Waals surface area contributed by atoms with Crippen LogP contribution in [0.5, 0.6) is 0 Å². The number of hydrogen-bond donors (Lipinski definition) is 2. The van der Waals surface area contributed by atoms with Gasteiger partial charge in [-0.3, -0.25) is 4.79 Å². The lowest BCUT2D eigenvalue weighted by Crippen LogP contribution is -2.58. The minimum Gasteiger partial charge on any atom is -0.376 e. The van der Waals surface area contributed by atoms with E-state index in [1.165, 1.54) is 10.7 Å². The van der Waals surface area contributed by atoms with Crippen molar-refractivity contribution in [3.63, 3.8) is 0 Å². The summed E-state index contributed by atoms with van der Waals surface area (Å²) in [5.41, 5.74) is 1.52. The van der Waals surface area contributed by atoms with Gasteiger partial charge in [0.15, 0.2) is 11.3 Å². The summed E-state index contributed by atoms with van der Waals surface area (Å²) < 4.78 is 68.7. The van der Waals surface area contributed by atoms with Gasteiger partial charge in [0.1, 0.15) is 5.69 Å². The number of alkyl halides is 4. The first-order valence-electron chi connectivity index (χ1n) is 14.4. The lowest BCUT2D eigenvalue weighted by atomic mass is 9.81. The molecule has 0 bridgehead atoms. The molecule has 2 atom stereocenters. The van der Waals surface area contributed by atoms with Gasteiger partial charge in [0.05, 0.1) is 56.0 Å². The normalized spacial score (nSPS) is 21.9. The van der Waals surface area contributed by atoms with Crippen LogP contribution in [0.1, 0.15) is 85.0 Å². The number of aryl methyl sites for hydroxylation is 1. The zero-order valence-electron chi connectivity index (χ0n) is 23.4. The van der Waals surface area contributed by atoms with Crippen LogP contribution in [0.2, 0.25) is 0 Å². The van der Waals surface area contributed by atoms with Gasteiger partial charge >= 0.3 is 6.03 Å². The van der Waals surface area contributed by atoms with Crippen molar-refractivity contribution in [3.05, 3.63) is 41.1 Å². The van der Waals surface area contributed by atoms with Gasteiger partial charge in [0.2, 0.25) is 5.92 Å². The molecule has 1 saturated heterocycles. The maximum Gasteiger partial charge on any atom is 0.318 e. The summed E-state index contributed by atoms with van der Waals surface area (Å²) in [6.07, 6.45) is 4.86. The van der Waals surface area contributed by atoms with E-state index in [-0.39, 0.29) is 50.0 Å². The van der Waals surface area contributed by atoms with Crippen molar-refractivity contribution in [2.75, 3.05) is 19.7 Å². The number of urea groups is 1. The quantitative estimate of drug-likeness (QED) is 0.331. The summed E-state index contributed by atoms with van der Waals surface area (Å²) in [5, 5.41) is 17.0. The Bertz CT molecular complexity index is 1480. The van der Waals surface area contributed by atoms with Gasteiger partial charge in [-0.2, -0.15) is 5.10 Å². The van der Waals surface area contributed by atoms with E-state index in [1.807, 2.05) is 0 Å². The lowest BCUT2D eigenvalue weighted by Gasteiger charge is -2.38. The van der Waals surface area contributed by atoms with Crippen LogP contribution in [0.15, 0.2) is 23.1 Å². The van der Waals surface area contributed by atoms with Crippen molar-refractivity contribution in [3.8, 4) is 0 Å². The largest absolute Gasteiger partial charge is 0.376 e. The highest BCUT2D eigenvalue weighted by Crippen LogP contribution is 2.41. The Hall–Kier alpha value is -3.82. The molecule has 3 aliphatic rings. The standard InChI is InChI=1S/C27H32F4N8O4/c1-2-18-23(37-43-36-18)24(40)35-22(15-5-7-26(28,29)8-6-15)19-11-39-21(34-19)9-16(10-33-39)20(12-42-17-3-4-17)38-14-27(30,31)13-32-25(38)41/h9-11,15,17,20,22H,2-8,12-14H2,1H3,(H,32,41)(H,35,40). The van der Waals surface area contributed by atoms with Crippen molar-refractivity contribution in [1.29, 1.82) is 0 Å². The van der Waals surface area contributed by atoms with E-state index in [9.17, 15) is 27.2 Å². The number of amides is 3. The molecule has 2 saturated carbocycles. The number of rotatable bonds is 10. The molecule has 16 heteroatoms. The lowest BCUT2D eigenvalue weighted by molar-refractivity contribution is -0.0542. The smallest absolute Gasteiger partial charge is 0.318 e. The van der Waals surface area contributed by atoms with Crippen LogP contribution in [0.3, 0.4) is 0 Å². The van der Waals surface area contributed by atoms with Gasteiger partial charge in [-0.25, -0.2) is 36.5 Å².